The number of rotatable bonds is 10. The van der Waals surface area contributed by atoms with Gasteiger partial charge in [0.05, 0.1) is 20.3 Å². The van der Waals surface area contributed by atoms with E-state index in [0.29, 0.717) is 6.61 Å². The number of ether oxygens (including phenoxy) is 3. The minimum Gasteiger partial charge on any atom is -1.00 e. The lowest BCUT2D eigenvalue weighted by atomic mass is 10.1. The molecule has 0 amide bonds. The summed E-state index contributed by atoms with van der Waals surface area (Å²) in [6, 6.07) is 14.4. The molecule has 0 aliphatic carbocycles. The van der Waals surface area contributed by atoms with Gasteiger partial charge in [0.1, 0.15) is 6.61 Å². The Morgan fingerprint density at radius 2 is 1.80 bits per heavy atom. The largest absolute Gasteiger partial charge is 1.00 e. The standard InChI is InChI=1S/C23H32N2O3.2ClH/c1-19-6-3-4-7-21(19)18-28-22-9-8-20(16-23(22)26-2)17-24-10-5-11-25-12-14-27-15-13-25;;/h3-4,6-9,16,24H,5,10-15,17-18H2,1-2H3;2*1H/p-2. The maximum absolute atomic E-state index is 6.00. The number of nitrogens with one attached hydrogen (secondary N) is 1. The van der Waals surface area contributed by atoms with Crippen molar-refractivity contribution in [3.63, 3.8) is 0 Å². The van der Waals surface area contributed by atoms with Crippen LogP contribution in [0.25, 0.3) is 0 Å². The van der Waals surface area contributed by atoms with Crippen LogP contribution < -0.4 is 39.6 Å². The molecule has 1 aliphatic heterocycles. The lowest BCUT2D eigenvalue weighted by Crippen LogP contribution is -3.00. The van der Waals surface area contributed by atoms with E-state index in [2.05, 4.69) is 41.4 Å². The van der Waals surface area contributed by atoms with Gasteiger partial charge >= 0.3 is 0 Å². The first-order chi connectivity index (χ1) is 13.8. The summed E-state index contributed by atoms with van der Waals surface area (Å²) in [4.78, 5) is 2.47. The Labute approximate surface area is 192 Å². The fourth-order valence-corrected chi connectivity index (χ4v) is 3.35. The number of nitrogens with zero attached hydrogens (tertiary/aromatic N) is 1. The van der Waals surface area contributed by atoms with Crippen LogP contribution in [-0.2, 0) is 17.9 Å². The number of hydrogen-bond donors (Lipinski definition) is 1. The van der Waals surface area contributed by atoms with Crippen LogP contribution in [0.4, 0.5) is 0 Å². The highest BCUT2D eigenvalue weighted by Crippen LogP contribution is 2.29. The third-order valence-electron chi connectivity index (χ3n) is 5.13. The fourth-order valence-electron chi connectivity index (χ4n) is 3.35. The van der Waals surface area contributed by atoms with Gasteiger partial charge < -0.3 is 44.3 Å². The lowest BCUT2D eigenvalue weighted by molar-refractivity contribution is -0.00100. The van der Waals surface area contributed by atoms with Gasteiger partial charge in [-0.3, -0.25) is 4.90 Å². The molecular weight excluding hydrogens is 423 g/mol. The van der Waals surface area contributed by atoms with E-state index in [1.54, 1.807) is 7.11 Å². The molecule has 0 spiro atoms. The smallest absolute Gasteiger partial charge is 0.161 e. The number of aryl methyl sites for hydroxylation is 1. The molecule has 0 bridgehead atoms. The monoisotopic (exact) mass is 454 g/mol. The van der Waals surface area contributed by atoms with Gasteiger partial charge in [-0.05, 0) is 55.3 Å². The summed E-state index contributed by atoms with van der Waals surface area (Å²) in [5.41, 5.74) is 3.63. The Bertz CT molecular complexity index is 740. The van der Waals surface area contributed by atoms with Crippen LogP contribution in [-0.4, -0.2) is 51.4 Å². The molecule has 2 aromatic rings. The highest BCUT2D eigenvalue weighted by atomic mass is 35.5. The van der Waals surface area contributed by atoms with Crippen molar-refractivity contribution in [3.05, 3.63) is 59.2 Å². The molecule has 2 aromatic carbocycles. The van der Waals surface area contributed by atoms with E-state index < -0.39 is 0 Å². The first-order valence-corrected chi connectivity index (χ1v) is 10.1. The van der Waals surface area contributed by atoms with Crippen molar-refractivity contribution in [2.75, 3.05) is 46.5 Å². The van der Waals surface area contributed by atoms with Crippen molar-refractivity contribution in [2.45, 2.75) is 26.5 Å². The Morgan fingerprint density at radius 1 is 1.03 bits per heavy atom. The molecule has 1 aliphatic rings. The summed E-state index contributed by atoms with van der Waals surface area (Å²) in [5, 5.41) is 3.52. The SMILES string of the molecule is COc1cc(CNCCCN2CCOCC2)ccc1OCc1ccccc1C.[Cl-].[Cl-]. The van der Waals surface area contributed by atoms with Gasteiger partial charge in [-0.15, -0.1) is 0 Å². The summed E-state index contributed by atoms with van der Waals surface area (Å²) < 4.78 is 16.9. The van der Waals surface area contributed by atoms with Crippen LogP contribution in [0.3, 0.4) is 0 Å². The molecule has 168 valence electrons. The van der Waals surface area contributed by atoms with E-state index in [-0.39, 0.29) is 24.8 Å². The van der Waals surface area contributed by atoms with Gasteiger partial charge in [-0.1, -0.05) is 30.3 Å². The second-order valence-electron chi connectivity index (χ2n) is 7.18. The molecule has 30 heavy (non-hydrogen) atoms. The molecule has 0 saturated carbocycles. The van der Waals surface area contributed by atoms with Gasteiger partial charge in [0.2, 0.25) is 0 Å². The second-order valence-corrected chi connectivity index (χ2v) is 7.18. The number of morpholine rings is 1. The summed E-state index contributed by atoms with van der Waals surface area (Å²) in [7, 11) is 1.69. The van der Waals surface area contributed by atoms with Gasteiger partial charge in [-0.2, -0.15) is 0 Å². The van der Waals surface area contributed by atoms with Crippen LogP contribution in [0.1, 0.15) is 23.1 Å². The van der Waals surface area contributed by atoms with Crippen LogP contribution in [0, 0.1) is 6.92 Å². The van der Waals surface area contributed by atoms with Crippen LogP contribution in [0.15, 0.2) is 42.5 Å². The molecule has 3 rings (SSSR count). The van der Waals surface area contributed by atoms with E-state index in [0.717, 1.165) is 63.9 Å². The second kappa shape index (κ2) is 14.5. The van der Waals surface area contributed by atoms with Crippen LogP contribution in [0.5, 0.6) is 11.5 Å². The van der Waals surface area contributed by atoms with Gasteiger partial charge in [0.25, 0.3) is 0 Å². The molecule has 5 nitrogen and oxygen atoms in total. The third-order valence-corrected chi connectivity index (χ3v) is 5.13. The van der Waals surface area contributed by atoms with Crippen molar-refractivity contribution in [3.8, 4) is 11.5 Å². The number of halogens is 2. The highest BCUT2D eigenvalue weighted by Gasteiger charge is 2.10. The summed E-state index contributed by atoms with van der Waals surface area (Å²) in [5.74, 6) is 1.56. The van der Waals surface area contributed by atoms with E-state index in [9.17, 15) is 0 Å². The highest BCUT2D eigenvalue weighted by molar-refractivity contribution is 5.43. The fraction of sp³-hybridized carbons (Fsp3) is 0.478. The first-order valence-electron chi connectivity index (χ1n) is 10.1. The summed E-state index contributed by atoms with van der Waals surface area (Å²) >= 11 is 0. The zero-order valence-electron chi connectivity index (χ0n) is 17.8. The lowest BCUT2D eigenvalue weighted by Gasteiger charge is -2.26. The predicted molar refractivity (Wildman–Crippen MR) is 112 cm³/mol. The predicted octanol–water partition coefficient (Wildman–Crippen LogP) is -2.60. The van der Waals surface area contributed by atoms with E-state index >= 15 is 0 Å². The normalized spacial score (nSPS) is 13.8. The number of benzene rings is 2. The molecule has 1 fully saturated rings. The summed E-state index contributed by atoms with van der Waals surface area (Å²) in [6.07, 6.45) is 1.15. The van der Waals surface area contributed by atoms with Crippen molar-refractivity contribution in [1.29, 1.82) is 0 Å². The molecule has 0 unspecified atom stereocenters. The minimum absolute atomic E-state index is 0. The number of hydrogen-bond acceptors (Lipinski definition) is 5. The van der Waals surface area contributed by atoms with Gasteiger partial charge in [0, 0.05) is 19.6 Å². The maximum atomic E-state index is 6.00. The first kappa shape index (κ1) is 26.5. The molecule has 1 heterocycles. The Kier molecular flexibility index (Phi) is 12.8. The van der Waals surface area contributed by atoms with Gasteiger partial charge in [-0.25, -0.2) is 0 Å². The van der Waals surface area contributed by atoms with Crippen molar-refractivity contribution in [2.24, 2.45) is 0 Å². The van der Waals surface area contributed by atoms with E-state index in [4.69, 9.17) is 14.2 Å². The summed E-state index contributed by atoms with van der Waals surface area (Å²) in [6.45, 7) is 9.46. The molecular formula is C23H32Cl2N2O3-2. The van der Waals surface area contributed by atoms with E-state index in [1.807, 2.05) is 18.2 Å². The van der Waals surface area contributed by atoms with E-state index in [1.165, 1.54) is 16.7 Å². The maximum Gasteiger partial charge on any atom is 0.161 e. The Hall–Kier alpha value is -1.50. The zero-order chi connectivity index (χ0) is 19.6. The molecule has 1 saturated heterocycles. The van der Waals surface area contributed by atoms with Crippen LogP contribution in [0.2, 0.25) is 0 Å². The Balaban J connectivity index is 0.00000225. The van der Waals surface area contributed by atoms with Crippen molar-refractivity contribution in [1.82, 2.24) is 10.2 Å². The van der Waals surface area contributed by atoms with Gasteiger partial charge in [0.15, 0.2) is 11.5 Å². The minimum atomic E-state index is 0. The molecule has 0 aromatic heterocycles. The Morgan fingerprint density at radius 3 is 2.53 bits per heavy atom. The average Bonchev–Trinajstić information content (AvgIpc) is 2.74. The van der Waals surface area contributed by atoms with Crippen molar-refractivity contribution >= 4 is 0 Å². The topological polar surface area (TPSA) is 43.0 Å². The van der Waals surface area contributed by atoms with Crippen molar-refractivity contribution < 1.29 is 39.0 Å². The molecule has 0 radical (unpaired) electrons. The van der Waals surface area contributed by atoms with Crippen LogP contribution >= 0.6 is 0 Å². The molecule has 7 heteroatoms. The molecule has 1 N–H and O–H groups in total. The quantitative estimate of drug-likeness (QED) is 0.399. The zero-order valence-corrected chi connectivity index (χ0v) is 19.3. The average molecular weight is 455 g/mol. The molecule has 0 atom stereocenters. The number of methoxy groups -OCH3 is 1. The third kappa shape index (κ3) is 8.32.